The van der Waals surface area contributed by atoms with Crippen molar-refractivity contribution in [3.63, 3.8) is 0 Å². The van der Waals surface area contributed by atoms with Crippen LogP contribution in [0.1, 0.15) is 45.4 Å². The van der Waals surface area contributed by atoms with Crippen molar-refractivity contribution in [1.82, 2.24) is 0 Å². The standard InChI is InChI=1S/C22H30O3/c1-2-3-4-5-6-7-8-11-14-17-20-21(25-20)18-15-12-9-10-13-16-19-22(23)24/h3-4,6-8,10-15,17,20-21H,2,5,9,16,18-19H2,1H3,(H,23,24). The largest absolute Gasteiger partial charge is 0.481 e. The highest BCUT2D eigenvalue weighted by atomic mass is 16.6. The van der Waals surface area contributed by atoms with Gasteiger partial charge in [-0.05, 0) is 32.1 Å². The fourth-order valence-electron chi connectivity index (χ4n) is 2.14. The molecule has 3 heteroatoms. The van der Waals surface area contributed by atoms with Crippen LogP contribution < -0.4 is 0 Å². The summed E-state index contributed by atoms with van der Waals surface area (Å²) in [6.07, 6.45) is 30.0. The van der Waals surface area contributed by atoms with E-state index in [0.717, 1.165) is 25.7 Å². The minimum absolute atomic E-state index is 0.199. The van der Waals surface area contributed by atoms with E-state index in [4.69, 9.17) is 9.84 Å². The van der Waals surface area contributed by atoms with Crippen molar-refractivity contribution in [1.29, 1.82) is 0 Å². The maximum absolute atomic E-state index is 10.3. The Morgan fingerprint density at radius 3 is 2.44 bits per heavy atom. The SMILES string of the molecule is CCC=CCC=CC=CC=CC1OC1CC=CCC=CCCC(=O)O. The van der Waals surface area contributed by atoms with Crippen molar-refractivity contribution in [2.24, 2.45) is 0 Å². The van der Waals surface area contributed by atoms with E-state index in [0.29, 0.717) is 12.5 Å². The number of aliphatic carboxylic acids is 1. The number of allylic oxidation sites excluding steroid dienone is 10. The van der Waals surface area contributed by atoms with Gasteiger partial charge in [-0.1, -0.05) is 79.8 Å². The maximum atomic E-state index is 10.3. The molecule has 0 spiro atoms. The van der Waals surface area contributed by atoms with Gasteiger partial charge in [0.05, 0.1) is 6.10 Å². The average molecular weight is 342 g/mol. The van der Waals surface area contributed by atoms with Crippen LogP contribution >= 0.6 is 0 Å². The van der Waals surface area contributed by atoms with Crippen LogP contribution in [0.25, 0.3) is 0 Å². The van der Waals surface area contributed by atoms with Gasteiger partial charge < -0.3 is 9.84 Å². The number of rotatable bonds is 13. The topological polar surface area (TPSA) is 49.8 Å². The number of carboxylic acids is 1. The molecule has 3 nitrogen and oxygen atoms in total. The molecule has 2 unspecified atom stereocenters. The van der Waals surface area contributed by atoms with Gasteiger partial charge in [0.25, 0.3) is 0 Å². The van der Waals surface area contributed by atoms with Crippen molar-refractivity contribution >= 4 is 5.97 Å². The fraction of sp³-hybridized carbons (Fsp3) is 0.409. The Labute approximate surface area is 151 Å². The molecule has 0 aliphatic carbocycles. The van der Waals surface area contributed by atoms with Crippen LogP contribution in [0.2, 0.25) is 0 Å². The summed E-state index contributed by atoms with van der Waals surface area (Å²) in [7, 11) is 0. The average Bonchev–Trinajstić information content (AvgIpc) is 3.34. The highest BCUT2D eigenvalue weighted by Crippen LogP contribution is 2.26. The third-order valence-electron chi connectivity index (χ3n) is 3.57. The molecule has 1 fully saturated rings. The van der Waals surface area contributed by atoms with E-state index in [2.05, 4.69) is 49.5 Å². The second-order valence-electron chi connectivity index (χ2n) is 5.80. The number of ether oxygens (including phenoxy) is 1. The van der Waals surface area contributed by atoms with Crippen molar-refractivity contribution in [3.8, 4) is 0 Å². The summed E-state index contributed by atoms with van der Waals surface area (Å²) in [4.78, 5) is 10.3. The van der Waals surface area contributed by atoms with E-state index in [9.17, 15) is 4.79 Å². The van der Waals surface area contributed by atoms with Gasteiger partial charge in [-0.2, -0.15) is 0 Å². The number of hydrogen-bond donors (Lipinski definition) is 1. The molecular weight excluding hydrogens is 312 g/mol. The third-order valence-corrected chi connectivity index (χ3v) is 3.57. The fourth-order valence-corrected chi connectivity index (χ4v) is 2.14. The maximum Gasteiger partial charge on any atom is 0.303 e. The zero-order valence-corrected chi connectivity index (χ0v) is 15.1. The van der Waals surface area contributed by atoms with E-state index in [1.54, 1.807) is 0 Å². The molecule has 0 amide bonds. The van der Waals surface area contributed by atoms with E-state index in [1.807, 2.05) is 30.4 Å². The number of carbonyl (C=O) groups is 1. The van der Waals surface area contributed by atoms with E-state index in [1.165, 1.54) is 0 Å². The van der Waals surface area contributed by atoms with Crippen LogP contribution in [0.4, 0.5) is 0 Å². The lowest BCUT2D eigenvalue weighted by molar-refractivity contribution is -0.136. The Balaban J connectivity index is 2.04. The first-order valence-corrected chi connectivity index (χ1v) is 9.06. The molecule has 1 rings (SSSR count). The van der Waals surface area contributed by atoms with Gasteiger partial charge in [0, 0.05) is 6.42 Å². The molecule has 0 radical (unpaired) electrons. The molecule has 1 N–H and O–H groups in total. The molecule has 1 aliphatic rings. The third kappa shape index (κ3) is 12.9. The summed E-state index contributed by atoms with van der Waals surface area (Å²) < 4.78 is 5.58. The monoisotopic (exact) mass is 342 g/mol. The van der Waals surface area contributed by atoms with Gasteiger partial charge in [0.15, 0.2) is 0 Å². The Hall–Kier alpha value is -2.13. The van der Waals surface area contributed by atoms with Crippen LogP contribution in [0.5, 0.6) is 0 Å². The summed E-state index contributed by atoms with van der Waals surface area (Å²) in [5, 5.41) is 8.51. The van der Waals surface area contributed by atoms with Gasteiger partial charge in [-0.15, -0.1) is 0 Å². The van der Waals surface area contributed by atoms with Crippen LogP contribution in [0.3, 0.4) is 0 Å². The molecule has 0 bridgehead atoms. The molecule has 0 aromatic carbocycles. The number of carboxylic acid groups (broad SMARTS) is 1. The zero-order valence-electron chi connectivity index (χ0n) is 15.1. The minimum Gasteiger partial charge on any atom is -0.481 e. The first-order valence-electron chi connectivity index (χ1n) is 9.06. The lowest BCUT2D eigenvalue weighted by atomic mass is 10.2. The molecule has 2 atom stereocenters. The number of hydrogen-bond acceptors (Lipinski definition) is 2. The molecule has 1 heterocycles. The van der Waals surface area contributed by atoms with Crippen molar-refractivity contribution in [2.45, 2.75) is 57.7 Å². The minimum atomic E-state index is -0.750. The molecule has 0 aromatic heterocycles. The Kier molecular flexibility index (Phi) is 11.9. The summed E-state index contributed by atoms with van der Waals surface area (Å²) in [5.41, 5.74) is 0. The van der Waals surface area contributed by atoms with Gasteiger partial charge in [0.1, 0.15) is 6.10 Å². The van der Waals surface area contributed by atoms with Crippen LogP contribution in [-0.2, 0) is 9.53 Å². The molecule has 136 valence electrons. The summed E-state index contributed by atoms with van der Waals surface area (Å²) in [5.74, 6) is -0.750. The van der Waals surface area contributed by atoms with Crippen LogP contribution in [-0.4, -0.2) is 23.3 Å². The Morgan fingerprint density at radius 1 is 0.920 bits per heavy atom. The highest BCUT2D eigenvalue weighted by Gasteiger charge is 2.34. The first kappa shape index (κ1) is 20.9. The van der Waals surface area contributed by atoms with E-state index >= 15 is 0 Å². The quantitative estimate of drug-likeness (QED) is 0.272. The Bertz CT molecular complexity index is 535. The van der Waals surface area contributed by atoms with Crippen LogP contribution in [0.15, 0.2) is 72.9 Å². The molecule has 0 aromatic rings. The molecular formula is C22H30O3. The highest BCUT2D eigenvalue weighted by molar-refractivity contribution is 5.66. The van der Waals surface area contributed by atoms with Gasteiger partial charge in [-0.25, -0.2) is 0 Å². The molecule has 1 saturated heterocycles. The summed E-state index contributed by atoms with van der Waals surface area (Å²) in [6.45, 7) is 2.14. The van der Waals surface area contributed by atoms with Crippen molar-refractivity contribution < 1.29 is 14.6 Å². The second kappa shape index (κ2) is 14.2. The van der Waals surface area contributed by atoms with E-state index < -0.39 is 5.97 Å². The summed E-state index contributed by atoms with van der Waals surface area (Å²) in [6, 6.07) is 0. The number of epoxide rings is 1. The van der Waals surface area contributed by atoms with Gasteiger partial charge >= 0.3 is 5.97 Å². The van der Waals surface area contributed by atoms with Gasteiger partial charge in [-0.3, -0.25) is 4.79 Å². The van der Waals surface area contributed by atoms with Crippen molar-refractivity contribution in [2.75, 3.05) is 0 Å². The van der Waals surface area contributed by atoms with Crippen LogP contribution in [0, 0.1) is 0 Å². The zero-order chi connectivity index (χ0) is 18.2. The first-order chi connectivity index (χ1) is 12.2. The second-order valence-corrected chi connectivity index (χ2v) is 5.80. The summed E-state index contributed by atoms with van der Waals surface area (Å²) >= 11 is 0. The van der Waals surface area contributed by atoms with E-state index in [-0.39, 0.29) is 12.5 Å². The normalized spacial score (nSPS) is 21.2. The smallest absolute Gasteiger partial charge is 0.303 e. The molecule has 25 heavy (non-hydrogen) atoms. The molecule has 1 aliphatic heterocycles. The lowest BCUT2D eigenvalue weighted by Gasteiger charge is -1.87. The molecule has 0 saturated carbocycles. The lowest BCUT2D eigenvalue weighted by Crippen LogP contribution is -1.91. The Morgan fingerprint density at radius 2 is 1.64 bits per heavy atom. The van der Waals surface area contributed by atoms with Crippen molar-refractivity contribution in [3.05, 3.63) is 72.9 Å². The predicted molar refractivity (Wildman–Crippen MR) is 105 cm³/mol. The van der Waals surface area contributed by atoms with Gasteiger partial charge in [0.2, 0.25) is 0 Å². The predicted octanol–water partition coefficient (Wildman–Crippen LogP) is 5.54.